The van der Waals surface area contributed by atoms with Crippen LogP contribution in [-0.2, 0) is 26.0 Å². The molecule has 6 nitrogen and oxygen atoms in total. The number of nitrogens with one attached hydrogen (secondary N) is 2. The summed E-state index contributed by atoms with van der Waals surface area (Å²) in [6.07, 6.45) is 2.57. The minimum atomic E-state index is -3.60. The highest BCUT2D eigenvalue weighted by Crippen LogP contribution is 2.18. The van der Waals surface area contributed by atoms with Crippen LogP contribution >= 0.6 is 11.6 Å². The molecule has 2 N–H and O–H groups in total. The second-order valence-corrected chi connectivity index (χ2v) is 8.83. The summed E-state index contributed by atoms with van der Waals surface area (Å²) < 4.78 is 32.7. The molecule has 0 spiro atoms. The summed E-state index contributed by atoms with van der Waals surface area (Å²) in [6.45, 7) is 0.945. The summed E-state index contributed by atoms with van der Waals surface area (Å²) in [6, 6.07) is 13.5. The first-order valence-corrected chi connectivity index (χ1v) is 11.0. The molecule has 1 heterocycles. The van der Waals surface area contributed by atoms with E-state index in [-0.39, 0.29) is 29.9 Å². The van der Waals surface area contributed by atoms with Crippen molar-refractivity contribution in [2.45, 2.75) is 36.7 Å². The SMILES string of the molecule is O=C(CCc1ccccc1Cl)Nc1ccc(S(=O)(=O)NCC2CCCO2)cc1. The molecule has 1 atom stereocenters. The standard InChI is InChI=1S/C20H23ClN2O4S/c21-19-6-2-1-4-15(19)7-12-20(24)23-16-8-10-18(11-9-16)28(25,26)22-14-17-5-3-13-27-17/h1-2,4,6,8-11,17,22H,3,5,7,12-14H2,(H,23,24). The van der Waals surface area contributed by atoms with Crippen LogP contribution in [0.3, 0.4) is 0 Å². The predicted octanol–water partition coefficient (Wildman–Crippen LogP) is 3.37. The van der Waals surface area contributed by atoms with Gasteiger partial charge in [0.25, 0.3) is 0 Å². The van der Waals surface area contributed by atoms with E-state index >= 15 is 0 Å². The molecule has 0 bridgehead atoms. The van der Waals surface area contributed by atoms with Gasteiger partial charge in [-0.15, -0.1) is 0 Å². The van der Waals surface area contributed by atoms with Gasteiger partial charge in [0.05, 0.1) is 11.0 Å². The topological polar surface area (TPSA) is 84.5 Å². The molecule has 150 valence electrons. The summed E-state index contributed by atoms with van der Waals surface area (Å²) in [4.78, 5) is 12.3. The Morgan fingerprint density at radius 2 is 1.89 bits per heavy atom. The largest absolute Gasteiger partial charge is 0.377 e. The highest BCUT2D eigenvalue weighted by molar-refractivity contribution is 7.89. The zero-order valence-corrected chi connectivity index (χ0v) is 16.9. The van der Waals surface area contributed by atoms with E-state index in [1.807, 2.05) is 18.2 Å². The molecule has 2 aromatic carbocycles. The van der Waals surface area contributed by atoms with Crippen molar-refractivity contribution in [2.75, 3.05) is 18.5 Å². The quantitative estimate of drug-likeness (QED) is 0.683. The average Bonchev–Trinajstić information content (AvgIpc) is 3.20. The van der Waals surface area contributed by atoms with E-state index < -0.39 is 10.0 Å². The van der Waals surface area contributed by atoms with Crippen LogP contribution in [0.2, 0.25) is 5.02 Å². The van der Waals surface area contributed by atoms with Gasteiger partial charge in [-0.05, 0) is 55.2 Å². The molecule has 1 aliphatic rings. The van der Waals surface area contributed by atoms with Gasteiger partial charge in [-0.3, -0.25) is 4.79 Å². The third kappa shape index (κ3) is 5.78. The van der Waals surface area contributed by atoms with Gasteiger partial charge in [0.2, 0.25) is 15.9 Å². The Kier molecular flexibility index (Phi) is 7.07. The van der Waals surface area contributed by atoms with Gasteiger partial charge in [0.15, 0.2) is 0 Å². The van der Waals surface area contributed by atoms with Crippen LogP contribution in [0.5, 0.6) is 0 Å². The van der Waals surface area contributed by atoms with E-state index in [2.05, 4.69) is 10.0 Å². The van der Waals surface area contributed by atoms with E-state index in [4.69, 9.17) is 16.3 Å². The number of carbonyl (C=O) groups is 1. The van der Waals surface area contributed by atoms with Crippen molar-refractivity contribution in [2.24, 2.45) is 0 Å². The summed E-state index contributed by atoms with van der Waals surface area (Å²) >= 11 is 6.09. The van der Waals surface area contributed by atoms with Gasteiger partial charge in [-0.1, -0.05) is 29.8 Å². The second kappa shape index (κ2) is 9.52. The highest BCUT2D eigenvalue weighted by Gasteiger charge is 2.20. The molecule has 0 aliphatic carbocycles. The van der Waals surface area contributed by atoms with Crippen molar-refractivity contribution >= 4 is 33.2 Å². The highest BCUT2D eigenvalue weighted by atomic mass is 35.5. The molecule has 8 heteroatoms. The lowest BCUT2D eigenvalue weighted by Gasteiger charge is -2.12. The van der Waals surface area contributed by atoms with Crippen LogP contribution in [0.1, 0.15) is 24.8 Å². The maximum atomic E-state index is 12.3. The molecule has 3 rings (SSSR count). The second-order valence-electron chi connectivity index (χ2n) is 6.65. The molecule has 0 saturated carbocycles. The molecule has 1 aliphatic heterocycles. The Morgan fingerprint density at radius 3 is 2.57 bits per heavy atom. The number of sulfonamides is 1. The van der Waals surface area contributed by atoms with Gasteiger partial charge in [-0.2, -0.15) is 0 Å². The van der Waals surface area contributed by atoms with E-state index in [1.54, 1.807) is 18.2 Å². The zero-order valence-electron chi connectivity index (χ0n) is 15.4. The summed E-state index contributed by atoms with van der Waals surface area (Å²) in [5.41, 5.74) is 1.46. The lowest BCUT2D eigenvalue weighted by atomic mass is 10.1. The van der Waals surface area contributed by atoms with Crippen molar-refractivity contribution in [1.82, 2.24) is 4.72 Å². The number of carbonyl (C=O) groups excluding carboxylic acids is 1. The molecule has 2 aromatic rings. The van der Waals surface area contributed by atoms with Crippen LogP contribution in [0.15, 0.2) is 53.4 Å². The van der Waals surface area contributed by atoms with Crippen LogP contribution in [0, 0.1) is 0 Å². The van der Waals surface area contributed by atoms with Crippen molar-refractivity contribution < 1.29 is 17.9 Å². The van der Waals surface area contributed by atoms with Crippen molar-refractivity contribution in [3.8, 4) is 0 Å². The molecule has 0 radical (unpaired) electrons. The zero-order chi connectivity index (χ0) is 20.0. The number of aryl methyl sites for hydroxylation is 1. The lowest BCUT2D eigenvalue weighted by Crippen LogP contribution is -2.31. The number of halogens is 1. The summed E-state index contributed by atoms with van der Waals surface area (Å²) in [5, 5.41) is 3.41. The van der Waals surface area contributed by atoms with Gasteiger partial charge in [-0.25, -0.2) is 13.1 Å². The van der Waals surface area contributed by atoms with Gasteiger partial charge >= 0.3 is 0 Å². The molecule has 1 amide bonds. The van der Waals surface area contributed by atoms with Crippen molar-refractivity contribution in [3.05, 3.63) is 59.1 Å². The number of anilines is 1. The smallest absolute Gasteiger partial charge is 0.240 e. The van der Waals surface area contributed by atoms with Crippen LogP contribution < -0.4 is 10.0 Å². The Labute approximate surface area is 170 Å². The van der Waals surface area contributed by atoms with Gasteiger partial charge in [0.1, 0.15) is 0 Å². The number of hydrogen-bond donors (Lipinski definition) is 2. The molecule has 1 saturated heterocycles. The van der Waals surface area contributed by atoms with Crippen molar-refractivity contribution in [1.29, 1.82) is 0 Å². The van der Waals surface area contributed by atoms with E-state index in [9.17, 15) is 13.2 Å². The van der Waals surface area contributed by atoms with Crippen LogP contribution in [-0.4, -0.2) is 33.6 Å². The Morgan fingerprint density at radius 1 is 1.14 bits per heavy atom. The number of ether oxygens (including phenoxy) is 1. The number of benzene rings is 2. The lowest BCUT2D eigenvalue weighted by molar-refractivity contribution is -0.116. The monoisotopic (exact) mass is 422 g/mol. The minimum Gasteiger partial charge on any atom is -0.377 e. The average molecular weight is 423 g/mol. The minimum absolute atomic E-state index is 0.0635. The molecule has 1 unspecified atom stereocenters. The fourth-order valence-electron chi connectivity index (χ4n) is 2.98. The number of hydrogen-bond acceptors (Lipinski definition) is 4. The van der Waals surface area contributed by atoms with Crippen molar-refractivity contribution in [3.63, 3.8) is 0 Å². The molecular weight excluding hydrogens is 400 g/mol. The summed E-state index contributed by atoms with van der Waals surface area (Å²) in [5.74, 6) is -0.160. The van der Waals surface area contributed by atoms with Gasteiger partial charge < -0.3 is 10.1 Å². The fourth-order valence-corrected chi connectivity index (χ4v) is 4.28. The normalized spacial score (nSPS) is 16.8. The first-order chi connectivity index (χ1) is 13.4. The Bertz CT molecular complexity index is 910. The van der Waals surface area contributed by atoms with Crippen LogP contribution in [0.25, 0.3) is 0 Å². The first-order valence-electron chi connectivity index (χ1n) is 9.18. The third-order valence-electron chi connectivity index (χ3n) is 4.55. The fraction of sp³-hybridized carbons (Fsp3) is 0.350. The molecular formula is C20H23ClN2O4S. The van der Waals surface area contributed by atoms with E-state index in [0.29, 0.717) is 23.7 Å². The van der Waals surface area contributed by atoms with Gasteiger partial charge in [0, 0.05) is 30.3 Å². The Balaban J connectivity index is 1.51. The predicted molar refractivity (Wildman–Crippen MR) is 109 cm³/mol. The maximum Gasteiger partial charge on any atom is 0.240 e. The Hall–Kier alpha value is -1.93. The molecule has 0 aromatic heterocycles. The summed E-state index contributed by atoms with van der Waals surface area (Å²) in [7, 11) is -3.60. The van der Waals surface area contributed by atoms with Crippen LogP contribution in [0.4, 0.5) is 5.69 Å². The molecule has 28 heavy (non-hydrogen) atoms. The first kappa shape index (κ1) is 20.8. The maximum absolute atomic E-state index is 12.3. The number of amides is 1. The molecule has 1 fully saturated rings. The van der Waals surface area contributed by atoms with E-state index in [1.165, 1.54) is 12.1 Å². The third-order valence-corrected chi connectivity index (χ3v) is 6.36. The number of rotatable bonds is 8. The van der Waals surface area contributed by atoms with E-state index in [0.717, 1.165) is 18.4 Å².